The highest BCUT2D eigenvalue weighted by Gasteiger charge is 2.13. The molecule has 1 atom stereocenters. The molecule has 0 aromatic heterocycles. The van der Waals surface area contributed by atoms with Crippen molar-refractivity contribution in [2.75, 3.05) is 40.0 Å². The van der Waals surface area contributed by atoms with Crippen LogP contribution in [0.15, 0.2) is 4.99 Å². The van der Waals surface area contributed by atoms with Gasteiger partial charge >= 0.3 is 0 Å². The Morgan fingerprint density at radius 1 is 1.22 bits per heavy atom. The van der Waals surface area contributed by atoms with Gasteiger partial charge in [-0.2, -0.15) is 0 Å². The lowest BCUT2D eigenvalue weighted by molar-refractivity contribution is -0.0320. The summed E-state index contributed by atoms with van der Waals surface area (Å²) in [4.78, 5) is 4.30. The second kappa shape index (κ2) is 13.6. The summed E-state index contributed by atoms with van der Waals surface area (Å²) in [6.45, 7) is 8.92. The number of nitrogens with one attached hydrogen (secondary N) is 2. The Bertz CT molecular complexity index is 305. The molecule has 0 bridgehead atoms. The second-order valence-corrected chi connectivity index (χ2v) is 6.33. The van der Waals surface area contributed by atoms with E-state index in [-0.39, 0.29) is 0 Å². The van der Waals surface area contributed by atoms with Crippen molar-refractivity contribution in [1.82, 2.24) is 10.6 Å². The quantitative estimate of drug-likeness (QED) is 0.348. The molecule has 0 aliphatic carbocycles. The van der Waals surface area contributed by atoms with E-state index in [2.05, 4.69) is 29.5 Å². The van der Waals surface area contributed by atoms with Crippen LogP contribution in [0.1, 0.15) is 58.8 Å². The molecular formula is C18H37N3O2. The first-order valence-electron chi connectivity index (χ1n) is 9.44. The van der Waals surface area contributed by atoms with Gasteiger partial charge in [-0.05, 0) is 31.6 Å². The molecule has 1 unspecified atom stereocenters. The van der Waals surface area contributed by atoms with Crippen molar-refractivity contribution in [1.29, 1.82) is 0 Å². The van der Waals surface area contributed by atoms with Crippen LogP contribution in [0.2, 0.25) is 0 Å². The predicted molar refractivity (Wildman–Crippen MR) is 97.1 cm³/mol. The molecule has 23 heavy (non-hydrogen) atoms. The molecule has 1 heterocycles. The van der Waals surface area contributed by atoms with Gasteiger partial charge in [0.2, 0.25) is 0 Å². The summed E-state index contributed by atoms with van der Waals surface area (Å²) in [5.74, 6) is 1.65. The number of aliphatic imine (C=N–C) groups is 1. The molecule has 5 heteroatoms. The van der Waals surface area contributed by atoms with E-state index in [0.29, 0.717) is 6.10 Å². The number of guanidine groups is 1. The third kappa shape index (κ3) is 9.82. The Morgan fingerprint density at radius 2 is 2.00 bits per heavy atom. The van der Waals surface area contributed by atoms with Gasteiger partial charge in [0.15, 0.2) is 5.96 Å². The van der Waals surface area contributed by atoms with Crippen LogP contribution in [-0.2, 0) is 9.47 Å². The van der Waals surface area contributed by atoms with Gasteiger partial charge in [0.25, 0.3) is 0 Å². The summed E-state index contributed by atoms with van der Waals surface area (Å²) in [5, 5.41) is 6.83. The first kappa shape index (κ1) is 20.2. The summed E-state index contributed by atoms with van der Waals surface area (Å²) >= 11 is 0. The van der Waals surface area contributed by atoms with Crippen molar-refractivity contribution in [3.05, 3.63) is 0 Å². The highest BCUT2D eigenvalue weighted by molar-refractivity contribution is 5.79. The molecule has 0 amide bonds. The van der Waals surface area contributed by atoms with Gasteiger partial charge in [-0.1, -0.05) is 33.1 Å². The van der Waals surface area contributed by atoms with Gasteiger partial charge in [-0.3, -0.25) is 4.99 Å². The molecule has 2 N–H and O–H groups in total. The molecule has 0 radical (unpaired) electrons. The van der Waals surface area contributed by atoms with E-state index in [1.54, 1.807) is 0 Å². The Labute approximate surface area is 142 Å². The maximum atomic E-state index is 5.88. The van der Waals surface area contributed by atoms with Crippen LogP contribution in [-0.4, -0.2) is 52.0 Å². The van der Waals surface area contributed by atoms with Crippen molar-refractivity contribution < 1.29 is 9.47 Å². The van der Waals surface area contributed by atoms with E-state index >= 15 is 0 Å². The third-order valence-electron chi connectivity index (χ3n) is 4.46. The lowest BCUT2D eigenvalue weighted by Gasteiger charge is -2.22. The normalized spacial score (nSPS) is 18.0. The van der Waals surface area contributed by atoms with E-state index in [4.69, 9.17) is 9.47 Å². The van der Waals surface area contributed by atoms with Gasteiger partial charge in [-0.25, -0.2) is 0 Å². The minimum Gasteiger partial charge on any atom is -0.381 e. The topological polar surface area (TPSA) is 54.9 Å². The number of unbranched alkanes of at least 4 members (excludes halogenated alkanes) is 1. The molecule has 1 saturated heterocycles. The van der Waals surface area contributed by atoms with Crippen LogP contribution in [0.3, 0.4) is 0 Å². The molecule has 1 rings (SSSR count). The fraction of sp³-hybridized carbons (Fsp3) is 0.944. The minimum absolute atomic E-state index is 0.394. The van der Waals surface area contributed by atoms with Crippen molar-refractivity contribution in [2.45, 2.75) is 64.9 Å². The molecule has 0 spiro atoms. The summed E-state index contributed by atoms with van der Waals surface area (Å²) in [6, 6.07) is 0. The van der Waals surface area contributed by atoms with E-state index in [0.717, 1.165) is 64.1 Å². The molecule has 1 fully saturated rings. The zero-order valence-electron chi connectivity index (χ0n) is 15.4. The Balaban J connectivity index is 2.06. The second-order valence-electron chi connectivity index (χ2n) is 6.33. The van der Waals surface area contributed by atoms with Gasteiger partial charge in [0, 0.05) is 40.0 Å². The fourth-order valence-corrected chi connectivity index (χ4v) is 2.78. The number of nitrogens with zero attached hydrogens (tertiary/aromatic N) is 1. The van der Waals surface area contributed by atoms with E-state index in [1.807, 2.05) is 7.05 Å². The average molecular weight is 328 g/mol. The number of hydrogen-bond donors (Lipinski definition) is 2. The van der Waals surface area contributed by atoms with Gasteiger partial charge in [0.05, 0.1) is 6.10 Å². The first-order valence-corrected chi connectivity index (χ1v) is 9.44. The third-order valence-corrected chi connectivity index (χ3v) is 4.46. The molecule has 0 aromatic rings. The zero-order valence-corrected chi connectivity index (χ0v) is 15.4. The van der Waals surface area contributed by atoms with Crippen LogP contribution in [0, 0.1) is 5.92 Å². The Kier molecular flexibility index (Phi) is 12.0. The smallest absolute Gasteiger partial charge is 0.190 e. The average Bonchev–Trinajstić information content (AvgIpc) is 2.60. The van der Waals surface area contributed by atoms with Gasteiger partial charge < -0.3 is 20.1 Å². The van der Waals surface area contributed by atoms with Crippen molar-refractivity contribution in [3.8, 4) is 0 Å². The fourth-order valence-electron chi connectivity index (χ4n) is 2.78. The van der Waals surface area contributed by atoms with Crippen LogP contribution in [0.4, 0.5) is 0 Å². The van der Waals surface area contributed by atoms with Gasteiger partial charge in [0.1, 0.15) is 0 Å². The predicted octanol–water partition coefficient (Wildman–Crippen LogP) is 2.95. The maximum Gasteiger partial charge on any atom is 0.190 e. The molecular weight excluding hydrogens is 290 g/mol. The SMILES string of the molecule is CCCCC(CC)CNC(=NC)NCCCOC1CCOCC1. The zero-order chi connectivity index (χ0) is 16.8. The summed E-state index contributed by atoms with van der Waals surface area (Å²) < 4.78 is 11.2. The number of hydrogen-bond acceptors (Lipinski definition) is 3. The van der Waals surface area contributed by atoms with Crippen molar-refractivity contribution in [2.24, 2.45) is 10.9 Å². The monoisotopic (exact) mass is 327 g/mol. The van der Waals surface area contributed by atoms with Gasteiger partial charge in [-0.15, -0.1) is 0 Å². The van der Waals surface area contributed by atoms with E-state index < -0.39 is 0 Å². The molecule has 1 aliphatic heterocycles. The highest BCUT2D eigenvalue weighted by Crippen LogP contribution is 2.11. The standard InChI is InChI=1S/C18H37N3O2/c1-4-6-8-16(5-2)15-21-18(19-3)20-11-7-12-23-17-9-13-22-14-10-17/h16-17H,4-15H2,1-3H3,(H2,19,20,21). The Morgan fingerprint density at radius 3 is 2.65 bits per heavy atom. The first-order chi connectivity index (χ1) is 11.3. The number of rotatable bonds is 11. The summed E-state index contributed by atoms with van der Waals surface area (Å²) in [7, 11) is 1.83. The van der Waals surface area contributed by atoms with E-state index in [9.17, 15) is 0 Å². The molecule has 1 aliphatic rings. The number of ether oxygens (including phenoxy) is 2. The summed E-state index contributed by atoms with van der Waals surface area (Å²) in [6.07, 6.45) is 8.58. The maximum absolute atomic E-state index is 5.88. The molecule has 5 nitrogen and oxygen atoms in total. The van der Waals surface area contributed by atoms with E-state index in [1.165, 1.54) is 25.7 Å². The largest absolute Gasteiger partial charge is 0.381 e. The van der Waals surface area contributed by atoms with Crippen LogP contribution >= 0.6 is 0 Å². The highest BCUT2D eigenvalue weighted by atomic mass is 16.5. The molecule has 0 aromatic carbocycles. The van der Waals surface area contributed by atoms with Crippen LogP contribution in [0.5, 0.6) is 0 Å². The van der Waals surface area contributed by atoms with Crippen LogP contribution < -0.4 is 10.6 Å². The minimum atomic E-state index is 0.394. The van der Waals surface area contributed by atoms with Crippen LogP contribution in [0.25, 0.3) is 0 Å². The van der Waals surface area contributed by atoms with Crippen molar-refractivity contribution in [3.63, 3.8) is 0 Å². The summed E-state index contributed by atoms with van der Waals surface area (Å²) in [5.41, 5.74) is 0. The lowest BCUT2D eigenvalue weighted by Crippen LogP contribution is -2.40. The Hall–Kier alpha value is -0.810. The lowest BCUT2D eigenvalue weighted by atomic mass is 9.99. The van der Waals surface area contributed by atoms with Crippen molar-refractivity contribution >= 4 is 5.96 Å². The molecule has 136 valence electrons. The molecule has 0 saturated carbocycles.